The highest BCUT2D eigenvalue weighted by molar-refractivity contribution is 9.10. The molecule has 0 radical (unpaired) electrons. The Bertz CT molecular complexity index is 806. The number of halogens is 1. The number of hydrazone groups is 1. The number of carbonyl (C=O) groups excluding carboxylic acids is 1. The van der Waals surface area contributed by atoms with Crippen molar-refractivity contribution in [1.82, 2.24) is 5.43 Å². The number of hydrogen-bond acceptors (Lipinski definition) is 5. The fourth-order valence-corrected chi connectivity index (χ4v) is 2.33. The molecule has 0 atom stereocenters. The van der Waals surface area contributed by atoms with Gasteiger partial charge in [0.25, 0.3) is 5.91 Å². The Morgan fingerprint density at radius 2 is 2.16 bits per heavy atom. The summed E-state index contributed by atoms with van der Waals surface area (Å²) >= 11 is 3.38. The van der Waals surface area contributed by atoms with Gasteiger partial charge >= 0.3 is 0 Å². The fourth-order valence-electron chi connectivity index (χ4n) is 1.95. The van der Waals surface area contributed by atoms with Gasteiger partial charge in [0.15, 0.2) is 0 Å². The minimum Gasteiger partial charge on any atom is -0.507 e. The largest absolute Gasteiger partial charge is 0.507 e. The van der Waals surface area contributed by atoms with E-state index in [9.17, 15) is 9.90 Å². The van der Waals surface area contributed by atoms with Gasteiger partial charge in [0, 0.05) is 16.1 Å². The maximum absolute atomic E-state index is 12.1. The van der Waals surface area contributed by atoms with Crippen molar-refractivity contribution in [3.63, 3.8) is 0 Å². The number of aromatic hydroxyl groups is 1. The van der Waals surface area contributed by atoms with E-state index in [-0.39, 0.29) is 11.3 Å². The van der Waals surface area contributed by atoms with Crippen molar-refractivity contribution in [2.24, 2.45) is 5.10 Å². The van der Waals surface area contributed by atoms with E-state index in [1.807, 2.05) is 6.07 Å². The number of methoxy groups -OCH3 is 1. The maximum Gasteiger partial charge on any atom is 0.275 e. The summed E-state index contributed by atoms with van der Waals surface area (Å²) < 4.78 is 11.4. The topological polar surface area (TPSA) is 80.2 Å². The minimum atomic E-state index is -0.542. The zero-order valence-electron chi connectivity index (χ0n) is 13.5. The summed E-state index contributed by atoms with van der Waals surface area (Å²) in [6.07, 6.45) is 3.10. The Balaban J connectivity index is 2.11. The summed E-state index contributed by atoms with van der Waals surface area (Å²) in [5.41, 5.74) is 3.14. The highest BCUT2D eigenvalue weighted by atomic mass is 79.9. The van der Waals surface area contributed by atoms with Gasteiger partial charge in [0.05, 0.1) is 18.9 Å². The Morgan fingerprint density at radius 3 is 2.84 bits per heavy atom. The molecule has 6 nitrogen and oxygen atoms in total. The molecule has 0 fully saturated rings. The van der Waals surface area contributed by atoms with Gasteiger partial charge in [-0.05, 0) is 30.3 Å². The third-order valence-corrected chi connectivity index (χ3v) is 3.64. The van der Waals surface area contributed by atoms with Crippen LogP contribution < -0.4 is 14.9 Å². The molecule has 2 N–H and O–H groups in total. The molecule has 1 amide bonds. The van der Waals surface area contributed by atoms with Gasteiger partial charge in [0.2, 0.25) is 0 Å². The SMILES string of the molecule is C=CCOc1ccc(Br)cc1/C=N\NC(=O)c1ccc(OC)cc1O. The van der Waals surface area contributed by atoms with Crippen LogP contribution in [0.1, 0.15) is 15.9 Å². The summed E-state index contributed by atoms with van der Waals surface area (Å²) in [5, 5.41) is 13.8. The molecule has 7 heteroatoms. The molecule has 0 saturated carbocycles. The third kappa shape index (κ3) is 5.09. The molecule has 0 bridgehead atoms. The maximum atomic E-state index is 12.1. The number of phenols is 1. The second kappa shape index (κ2) is 8.89. The van der Waals surface area contributed by atoms with E-state index in [0.29, 0.717) is 23.7 Å². The van der Waals surface area contributed by atoms with Crippen molar-refractivity contribution < 1.29 is 19.4 Å². The molecule has 2 aromatic carbocycles. The smallest absolute Gasteiger partial charge is 0.275 e. The Labute approximate surface area is 153 Å². The van der Waals surface area contributed by atoms with Crippen LogP contribution in [0.4, 0.5) is 0 Å². The van der Waals surface area contributed by atoms with Crippen molar-refractivity contribution >= 4 is 28.1 Å². The second-order valence-electron chi connectivity index (χ2n) is 4.86. The first-order chi connectivity index (χ1) is 12.0. The lowest BCUT2D eigenvalue weighted by molar-refractivity contribution is 0.0952. The molecule has 130 valence electrons. The molecule has 0 spiro atoms. The minimum absolute atomic E-state index is 0.0929. The van der Waals surface area contributed by atoms with Crippen LogP contribution in [0.3, 0.4) is 0 Å². The Morgan fingerprint density at radius 1 is 1.36 bits per heavy atom. The van der Waals surface area contributed by atoms with Crippen molar-refractivity contribution in [1.29, 1.82) is 0 Å². The summed E-state index contributed by atoms with van der Waals surface area (Å²) in [6, 6.07) is 9.81. The van der Waals surface area contributed by atoms with Crippen LogP contribution in [-0.4, -0.2) is 30.9 Å². The molecule has 25 heavy (non-hydrogen) atoms. The Hall–Kier alpha value is -2.80. The average Bonchev–Trinajstić information content (AvgIpc) is 2.60. The summed E-state index contributed by atoms with van der Waals surface area (Å²) in [4.78, 5) is 12.1. The van der Waals surface area contributed by atoms with Gasteiger partial charge in [-0.25, -0.2) is 5.43 Å². The number of nitrogens with zero attached hydrogens (tertiary/aromatic N) is 1. The van der Waals surface area contributed by atoms with E-state index in [0.717, 1.165) is 4.47 Å². The van der Waals surface area contributed by atoms with E-state index in [1.165, 1.54) is 25.5 Å². The van der Waals surface area contributed by atoms with E-state index in [2.05, 4.69) is 33.0 Å². The monoisotopic (exact) mass is 404 g/mol. The molecular formula is C18H17BrN2O4. The van der Waals surface area contributed by atoms with E-state index < -0.39 is 5.91 Å². The van der Waals surface area contributed by atoms with Crippen molar-refractivity contribution in [3.05, 3.63) is 64.7 Å². The van der Waals surface area contributed by atoms with Gasteiger partial charge in [0.1, 0.15) is 23.9 Å². The molecule has 2 rings (SSSR count). The van der Waals surface area contributed by atoms with Gasteiger partial charge in [-0.15, -0.1) is 0 Å². The fraction of sp³-hybridized carbons (Fsp3) is 0.111. The highest BCUT2D eigenvalue weighted by Crippen LogP contribution is 2.24. The lowest BCUT2D eigenvalue weighted by atomic mass is 10.2. The van der Waals surface area contributed by atoms with Gasteiger partial charge in [-0.1, -0.05) is 28.6 Å². The zero-order chi connectivity index (χ0) is 18.2. The molecule has 0 aliphatic carbocycles. The van der Waals surface area contributed by atoms with Gasteiger partial charge < -0.3 is 14.6 Å². The number of ether oxygens (including phenoxy) is 2. The number of benzene rings is 2. The van der Waals surface area contributed by atoms with Crippen LogP contribution in [0.5, 0.6) is 17.2 Å². The number of rotatable bonds is 7. The molecule has 2 aromatic rings. The van der Waals surface area contributed by atoms with E-state index in [1.54, 1.807) is 24.3 Å². The molecule has 0 saturated heterocycles. The van der Waals surface area contributed by atoms with Gasteiger partial charge in [-0.3, -0.25) is 4.79 Å². The number of carbonyl (C=O) groups is 1. The van der Waals surface area contributed by atoms with Crippen LogP contribution in [0.2, 0.25) is 0 Å². The van der Waals surface area contributed by atoms with E-state index in [4.69, 9.17) is 9.47 Å². The first-order valence-corrected chi connectivity index (χ1v) is 8.08. The molecule has 0 heterocycles. The van der Waals surface area contributed by atoms with Crippen LogP contribution in [-0.2, 0) is 0 Å². The van der Waals surface area contributed by atoms with Crippen LogP contribution >= 0.6 is 15.9 Å². The summed E-state index contributed by atoms with van der Waals surface area (Å²) in [5.74, 6) is 0.327. The molecule has 0 aliphatic rings. The molecule has 0 aliphatic heterocycles. The van der Waals surface area contributed by atoms with Crippen LogP contribution in [0.25, 0.3) is 0 Å². The molecule has 0 unspecified atom stereocenters. The first-order valence-electron chi connectivity index (χ1n) is 7.28. The number of hydrogen-bond donors (Lipinski definition) is 2. The lowest BCUT2D eigenvalue weighted by Crippen LogP contribution is -2.17. The van der Waals surface area contributed by atoms with Crippen LogP contribution in [0.15, 0.2) is 58.6 Å². The predicted octanol–water partition coefficient (Wildman–Crippen LogP) is 3.49. The molecule has 0 aromatic heterocycles. The normalized spacial score (nSPS) is 10.5. The zero-order valence-corrected chi connectivity index (χ0v) is 15.1. The van der Waals surface area contributed by atoms with Crippen LogP contribution in [0, 0.1) is 0 Å². The first kappa shape index (κ1) is 18.5. The Kier molecular flexibility index (Phi) is 6.59. The quantitative estimate of drug-likeness (QED) is 0.420. The predicted molar refractivity (Wildman–Crippen MR) is 99.6 cm³/mol. The lowest BCUT2D eigenvalue weighted by Gasteiger charge is -2.08. The van der Waals surface area contributed by atoms with Crippen molar-refractivity contribution in [2.75, 3.05) is 13.7 Å². The van der Waals surface area contributed by atoms with Gasteiger partial charge in [-0.2, -0.15) is 5.10 Å². The summed E-state index contributed by atoms with van der Waals surface area (Å²) in [7, 11) is 1.48. The number of phenolic OH excluding ortho intramolecular Hbond substituents is 1. The average molecular weight is 405 g/mol. The second-order valence-corrected chi connectivity index (χ2v) is 5.78. The molecular weight excluding hydrogens is 388 g/mol. The summed E-state index contributed by atoms with van der Waals surface area (Å²) in [6.45, 7) is 3.96. The third-order valence-electron chi connectivity index (χ3n) is 3.15. The van der Waals surface area contributed by atoms with E-state index >= 15 is 0 Å². The number of amides is 1. The number of nitrogens with one attached hydrogen (secondary N) is 1. The highest BCUT2D eigenvalue weighted by Gasteiger charge is 2.11. The standard InChI is InChI=1S/C18H17BrN2O4/c1-3-8-25-17-7-4-13(19)9-12(17)11-20-21-18(23)15-6-5-14(24-2)10-16(15)22/h3-7,9-11,22H,1,8H2,2H3,(H,21,23)/b20-11-. The van der Waals surface area contributed by atoms with Crippen molar-refractivity contribution in [2.45, 2.75) is 0 Å². The van der Waals surface area contributed by atoms with Crippen molar-refractivity contribution in [3.8, 4) is 17.2 Å².